The highest BCUT2D eigenvalue weighted by Crippen LogP contribution is 2.34. The monoisotopic (exact) mass is 544 g/mol. The highest BCUT2D eigenvalue weighted by Gasteiger charge is 2.19. The minimum Gasteiger partial charge on any atom is -0.494 e. The van der Waals surface area contributed by atoms with Crippen LogP contribution in [0.4, 0.5) is 5.69 Å². The number of carbonyl (C=O) groups is 1. The lowest BCUT2D eigenvalue weighted by Gasteiger charge is -2.18. The molecule has 4 aromatic rings. The molecule has 1 heterocycles. The number of aliphatic carboxylic acids is 1. The van der Waals surface area contributed by atoms with Gasteiger partial charge >= 0.3 is 5.97 Å². The number of carboxylic acids is 1. The van der Waals surface area contributed by atoms with Crippen molar-refractivity contribution in [3.8, 4) is 22.9 Å². The summed E-state index contributed by atoms with van der Waals surface area (Å²) in [6.45, 7) is 7.71. The van der Waals surface area contributed by atoms with Crippen molar-refractivity contribution in [3.63, 3.8) is 0 Å². The number of nitro benzene ring substituents is 1. The lowest BCUT2D eigenvalue weighted by atomic mass is 9.96. The predicted molar refractivity (Wildman–Crippen MR) is 151 cm³/mol. The predicted octanol–water partition coefficient (Wildman–Crippen LogP) is 5.15. The molecule has 0 aliphatic heterocycles. The standard InChI is InChI=1S/C29H28N4O7/c1-5-39-26-12-18(4)23(14-22(26)17(2)3)28-31-24-9-7-6-8-21(24)29(36)32(28)30-15-19-13-20(33(37)38)10-11-25(19)40-16-27(34)35/h6-15,17H,5,16H2,1-4H3,(H,34,35). The number of hydrogen-bond acceptors (Lipinski definition) is 8. The number of aryl methyl sites for hydroxylation is 1. The summed E-state index contributed by atoms with van der Waals surface area (Å²) in [7, 11) is 0. The maximum Gasteiger partial charge on any atom is 0.341 e. The Hall–Kier alpha value is -5.06. The lowest BCUT2D eigenvalue weighted by Crippen LogP contribution is -2.21. The van der Waals surface area contributed by atoms with Gasteiger partial charge in [-0.15, -0.1) is 0 Å². The summed E-state index contributed by atoms with van der Waals surface area (Å²) >= 11 is 0. The molecule has 1 N–H and O–H groups in total. The van der Waals surface area contributed by atoms with Gasteiger partial charge in [0, 0.05) is 23.3 Å². The normalized spacial score (nSPS) is 11.3. The fraction of sp³-hybridized carbons (Fsp3) is 0.241. The number of nitro groups is 1. The summed E-state index contributed by atoms with van der Waals surface area (Å²) in [5, 5.41) is 25.2. The largest absolute Gasteiger partial charge is 0.494 e. The van der Waals surface area contributed by atoms with Crippen molar-refractivity contribution in [2.45, 2.75) is 33.6 Å². The Balaban J connectivity index is 1.96. The van der Waals surface area contributed by atoms with Gasteiger partial charge in [-0.25, -0.2) is 9.78 Å². The molecule has 0 saturated heterocycles. The third kappa shape index (κ3) is 5.83. The number of non-ortho nitro benzene ring substituents is 1. The Morgan fingerprint density at radius 1 is 1.15 bits per heavy atom. The summed E-state index contributed by atoms with van der Waals surface area (Å²) in [5.41, 5.74) is 2.30. The Morgan fingerprint density at radius 3 is 2.58 bits per heavy atom. The Labute approximate surface area is 229 Å². The first-order valence-corrected chi connectivity index (χ1v) is 12.6. The Morgan fingerprint density at radius 2 is 1.90 bits per heavy atom. The molecule has 0 radical (unpaired) electrons. The summed E-state index contributed by atoms with van der Waals surface area (Å²) in [5.74, 6) is -0.0386. The van der Waals surface area contributed by atoms with E-state index in [0.29, 0.717) is 23.1 Å². The Bertz CT molecular complexity index is 1690. The fourth-order valence-electron chi connectivity index (χ4n) is 4.22. The molecule has 0 bridgehead atoms. The van der Waals surface area contributed by atoms with Crippen LogP contribution in [0.15, 0.2) is 64.5 Å². The van der Waals surface area contributed by atoms with E-state index in [9.17, 15) is 19.7 Å². The number of para-hydroxylation sites is 1. The molecule has 0 amide bonds. The summed E-state index contributed by atoms with van der Waals surface area (Å²) < 4.78 is 12.3. The number of fused-ring (bicyclic) bond motifs is 1. The van der Waals surface area contributed by atoms with Gasteiger partial charge in [0.15, 0.2) is 12.4 Å². The molecule has 0 fully saturated rings. The number of rotatable bonds is 10. The molecule has 0 aliphatic rings. The SMILES string of the molecule is CCOc1cc(C)c(-c2nc3ccccc3c(=O)n2N=Cc2cc([N+](=O)[O-])ccc2OCC(=O)O)cc1C(C)C. The van der Waals surface area contributed by atoms with E-state index in [1.54, 1.807) is 24.3 Å². The van der Waals surface area contributed by atoms with Crippen molar-refractivity contribution in [1.82, 2.24) is 9.66 Å². The van der Waals surface area contributed by atoms with Crippen LogP contribution in [0.2, 0.25) is 0 Å². The second-order valence-electron chi connectivity index (χ2n) is 9.27. The van der Waals surface area contributed by atoms with E-state index in [0.717, 1.165) is 21.6 Å². The number of carboxylic acid groups (broad SMARTS) is 1. The van der Waals surface area contributed by atoms with E-state index >= 15 is 0 Å². The van der Waals surface area contributed by atoms with E-state index < -0.39 is 23.1 Å². The van der Waals surface area contributed by atoms with E-state index in [1.165, 1.54) is 24.4 Å². The summed E-state index contributed by atoms with van der Waals surface area (Å²) in [6.07, 6.45) is 1.22. The second-order valence-corrected chi connectivity index (χ2v) is 9.27. The van der Waals surface area contributed by atoms with Crippen molar-refractivity contribution in [1.29, 1.82) is 0 Å². The molecule has 0 atom stereocenters. The number of aromatic nitrogens is 2. The van der Waals surface area contributed by atoms with E-state index in [-0.39, 0.29) is 28.7 Å². The molecular formula is C29H28N4O7. The molecule has 0 unspecified atom stereocenters. The number of ether oxygens (including phenoxy) is 2. The minimum absolute atomic E-state index is 0.0550. The fourth-order valence-corrected chi connectivity index (χ4v) is 4.22. The minimum atomic E-state index is -1.22. The van der Waals surface area contributed by atoms with E-state index in [4.69, 9.17) is 19.6 Å². The van der Waals surface area contributed by atoms with Crippen molar-refractivity contribution in [2.24, 2.45) is 5.10 Å². The van der Waals surface area contributed by atoms with Gasteiger partial charge in [0.25, 0.3) is 11.2 Å². The van der Waals surface area contributed by atoms with Crippen LogP contribution in [0.1, 0.15) is 43.4 Å². The molecule has 0 aliphatic carbocycles. The zero-order valence-electron chi connectivity index (χ0n) is 22.5. The van der Waals surface area contributed by atoms with Crippen molar-refractivity contribution >= 4 is 28.8 Å². The first-order valence-electron chi connectivity index (χ1n) is 12.6. The van der Waals surface area contributed by atoms with Crippen molar-refractivity contribution in [3.05, 3.63) is 91.8 Å². The van der Waals surface area contributed by atoms with Gasteiger partial charge < -0.3 is 14.6 Å². The molecule has 0 saturated carbocycles. The van der Waals surface area contributed by atoms with Gasteiger partial charge in [-0.1, -0.05) is 26.0 Å². The molecule has 11 heteroatoms. The summed E-state index contributed by atoms with van der Waals surface area (Å²) in [4.78, 5) is 40.3. The van der Waals surface area contributed by atoms with Crippen LogP contribution < -0.4 is 15.0 Å². The van der Waals surface area contributed by atoms with Crippen LogP contribution in [0, 0.1) is 17.0 Å². The maximum absolute atomic E-state index is 13.7. The third-order valence-corrected chi connectivity index (χ3v) is 6.14. The molecular weight excluding hydrogens is 516 g/mol. The van der Waals surface area contributed by atoms with Gasteiger partial charge in [0.2, 0.25) is 0 Å². The molecule has 206 valence electrons. The van der Waals surface area contributed by atoms with Gasteiger partial charge in [-0.3, -0.25) is 14.9 Å². The average molecular weight is 545 g/mol. The van der Waals surface area contributed by atoms with Crippen molar-refractivity contribution < 1.29 is 24.3 Å². The Kier molecular flexibility index (Phi) is 8.23. The van der Waals surface area contributed by atoms with Crippen LogP contribution in [-0.2, 0) is 4.79 Å². The highest BCUT2D eigenvalue weighted by atomic mass is 16.6. The molecule has 1 aromatic heterocycles. The van der Waals surface area contributed by atoms with Gasteiger partial charge in [-0.05, 0) is 61.2 Å². The molecule has 11 nitrogen and oxygen atoms in total. The van der Waals surface area contributed by atoms with Gasteiger partial charge in [0.1, 0.15) is 11.5 Å². The zero-order valence-corrected chi connectivity index (χ0v) is 22.5. The number of nitrogens with zero attached hydrogens (tertiary/aromatic N) is 4. The van der Waals surface area contributed by atoms with Gasteiger partial charge in [-0.2, -0.15) is 9.78 Å². The topological polar surface area (TPSA) is 146 Å². The van der Waals surface area contributed by atoms with Crippen LogP contribution >= 0.6 is 0 Å². The second kappa shape index (κ2) is 11.8. The molecule has 0 spiro atoms. The summed E-state index contributed by atoms with van der Waals surface area (Å²) in [6, 6.07) is 14.4. The number of hydrogen-bond donors (Lipinski definition) is 1. The van der Waals surface area contributed by atoms with Crippen LogP contribution in [0.5, 0.6) is 11.5 Å². The van der Waals surface area contributed by atoms with Gasteiger partial charge in [0.05, 0.1) is 28.6 Å². The number of benzene rings is 3. The maximum atomic E-state index is 13.7. The average Bonchev–Trinajstić information content (AvgIpc) is 2.91. The van der Waals surface area contributed by atoms with E-state index in [1.807, 2.05) is 39.8 Å². The quantitative estimate of drug-likeness (QED) is 0.164. The smallest absolute Gasteiger partial charge is 0.341 e. The van der Waals surface area contributed by atoms with Crippen LogP contribution in [-0.4, -0.2) is 45.1 Å². The zero-order chi connectivity index (χ0) is 29.0. The molecule has 40 heavy (non-hydrogen) atoms. The van der Waals surface area contributed by atoms with E-state index in [2.05, 4.69) is 5.10 Å². The van der Waals surface area contributed by atoms with Crippen LogP contribution in [0.3, 0.4) is 0 Å². The molecule has 4 rings (SSSR count). The molecule has 3 aromatic carbocycles. The first kappa shape index (κ1) is 28.0. The third-order valence-electron chi connectivity index (χ3n) is 6.14. The first-order chi connectivity index (χ1) is 19.1. The van der Waals surface area contributed by atoms with Crippen molar-refractivity contribution in [2.75, 3.05) is 13.2 Å². The van der Waals surface area contributed by atoms with Crippen LogP contribution in [0.25, 0.3) is 22.3 Å². The highest BCUT2D eigenvalue weighted by molar-refractivity contribution is 5.86. The lowest BCUT2D eigenvalue weighted by molar-refractivity contribution is -0.384.